The first kappa shape index (κ1) is 27.6. The van der Waals surface area contributed by atoms with Gasteiger partial charge in [-0.25, -0.2) is 4.98 Å². The van der Waals surface area contributed by atoms with Crippen LogP contribution in [0.4, 0.5) is 10.7 Å². The highest BCUT2D eigenvalue weighted by Gasteiger charge is 2.27. The van der Waals surface area contributed by atoms with Crippen LogP contribution in [0.15, 0.2) is 59.5 Å². The van der Waals surface area contributed by atoms with Crippen molar-refractivity contribution in [3.8, 4) is 0 Å². The predicted octanol–water partition coefficient (Wildman–Crippen LogP) is 4.53. The first-order valence-corrected chi connectivity index (χ1v) is 14.6. The number of nitrogens with zero attached hydrogens (tertiary/aromatic N) is 3. The molecule has 1 aromatic carbocycles. The summed E-state index contributed by atoms with van der Waals surface area (Å²) in [6.45, 7) is 2.34. The summed E-state index contributed by atoms with van der Waals surface area (Å²) in [7, 11) is 1.55. The molecule has 0 aliphatic heterocycles. The van der Waals surface area contributed by atoms with Gasteiger partial charge in [-0.2, -0.15) is 0 Å². The van der Waals surface area contributed by atoms with E-state index in [1.165, 1.54) is 26.4 Å². The number of thiophene rings is 1. The smallest absolute Gasteiger partial charge is 0.267 e. The van der Waals surface area contributed by atoms with Crippen molar-refractivity contribution in [1.29, 1.82) is 5.41 Å². The third-order valence-electron chi connectivity index (χ3n) is 7.55. The van der Waals surface area contributed by atoms with E-state index in [-0.39, 0.29) is 41.1 Å². The number of pyridine rings is 2. The molecule has 0 unspecified atom stereocenters. The molecule has 4 aromatic heterocycles. The minimum Gasteiger partial charge on any atom is -0.383 e. The van der Waals surface area contributed by atoms with Crippen LogP contribution >= 0.6 is 11.3 Å². The zero-order valence-corrected chi connectivity index (χ0v) is 24.1. The lowest BCUT2D eigenvalue weighted by Crippen LogP contribution is -2.33. The van der Waals surface area contributed by atoms with E-state index in [2.05, 4.69) is 10.6 Å². The summed E-state index contributed by atoms with van der Waals surface area (Å²) in [4.78, 5) is 46.8. The topological polar surface area (TPSA) is 131 Å². The number of aromatic nitrogens is 3. The monoisotopic (exact) mass is 582 g/mol. The molecule has 0 saturated carbocycles. The van der Waals surface area contributed by atoms with Crippen molar-refractivity contribution in [2.45, 2.75) is 39.2 Å². The molecular formula is C31H30N6O4S. The van der Waals surface area contributed by atoms with Gasteiger partial charge >= 0.3 is 0 Å². The zero-order chi connectivity index (χ0) is 29.4. The Morgan fingerprint density at radius 1 is 1.05 bits per heavy atom. The second-order valence-electron chi connectivity index (χ2n) is 10.3. The number of para-hydroxylation sites is 1. The molecule has 0 radical (unpaired) electrons. The Morgan fingerprint density at radius 3 is 2.62 bits per heavy atom. The summed E-state index contributed by atoms with van der Waals surface area (Å²) < 4.78 is 8.25. The molecule has 3 N–H and O–H groups in total. The number of rotatable bonds is 7. The summed E-state index contributed by atoms with van der Waals surface area (Å²) >= 11 is 1.40. The normalized spacial score (nSPS) is 12.8. The molecule has 4 heterocycles. The average molecular weight is 583 g/mol. The third-order valence-corrected chi connectivity index (χ3v) is 8.76. The third kappa shape index (κ3) is 4.90. The molecule has 2 amide bonds. The van der Waals surface area contributed by atoms with Crippen molar-refractivity contribution in [2.24, 2.45) is 0 Å². The fourth-order valence-electron chi connectivity index (χ4n) is 5.45. The quantitative estimate of drug-likeness (QED) is 0.243. The Kier molecular flexibility index (Phi) is 7.44. The molecular weight excluding hydrogens is 552 g/mol. The Balaban J connectivity index is 1.45. The van der Waals surface area contributed by atoms with E-state index in [0.717, 1.165) is 41.7 Å². The second kappa shape index (κ2) is 11.3. The summed E-state index contributed by atoms with van der Waals surface area (Å²) in [6.07, 6.45) is 5.22. The molecule has 0 atom stereocenters. The Bertz CT molecular complexity index is 1980. The number of ether oxygens (including phenoxy) is 1. The van der Waals surface area contributed by atoms with E-state index in [0.29, 0.717) is 27.5 Å². The van der Waals surface area contributed by atoms with E-state index in [4.69, 9.17) is 15.1 Å². The van der Waals surface area contributed by atoms with Crippen molar-refractivity contribution in [1.82, 2.24) is 14.0 Å². The number of hydrogen-bond acceptors (Lipinski definition) is 7. The SMILES string of the molecule is COCCn1c(=N)c(C(=O)Nc2sc3c(c2C(=O)Nc2ccccc2)CCCC3)cc2c(=O)n3cccc(C)c3nc21. The van der Waals surface area contributed by atoms with Gasteiger partial charge in [0, 0.05) is 30.4 Å². The summed E-state index contributed by atoms with van der Waals surface area (Å²) in [6, 6.07) is 14.2. The highest BCUT2D eigenvalue weighted by Crippen LogP contribution is 2.38. The van der Waals surface area contributed by atoms with Crippen molar-refractivity contribution < 1.29 is 14.3 Å². The largest absolute Gasteiger partial charge is 0.383 e. The number of hydrogen-bond donors (Lipinski definition) is 3. The van der Waals surface area contributed by atoms with Gasteiger partial charge in [0.05, 0.1) is 23.1 Å². The minimum atomic E-state index is -0.575. The van der Waals surface area contributed by atoms with Crippen molar-refractivity contribution in [3.05, 3.63) is 97.7 Å². The number of methoxy groups -OCH3 is 1. The molecule has 0 fully saturated rings. The average Bonchev–Trinajstić information content (AvgIpc) is 3.35. The van der Waals surface area contributed by atoms with Crippen molar-refractivity contribution >= 4 is 50.5 Å². The maximum atomic E-state index is 13.8. The van der Waals surface area contributed by atoms with E-state index < -0.39 is 5.91 Å². The molecule has 1 aliphatic carbocycles. The minimum absolute atomic E-state index is 0.00546. The number of aryl methyl sites for hydroxylation is 2. The lowest BCUT2D eigenvalue weighted by atomic mass is 9.95. The van der Waals surface area contributed by atoms with E-state index in [9.17, 15) is 14.4 Å². The highest BCUT2D eigenvalue weighted by molar-refractivity contribution is 7.17. The lowest BCUT2D eigenvalue weighted by molar-refractivity contribution is 0.102. The summed E-state index contributed by atoms with van der Waals surface area (Å²) in [5, 5.41) is 15.5. The number of anilines is 2. The fourth-order valence-corrected chi connectivity index (χ4v) is 6.73. The van der Waals surface area contributed by atoms with E-state index in [1.807, 2.05) is 43.3 Å². The number of benzene rings is 1. The fraction of sp³-hybridized carbons (Fsp3) is 0.258. The molecule has 11 heteroatoms. The Hall–Kier alpha value is -4.61. The van der Waals surface area contributed by atoms with E-state index in [1.54, 1.807) is 19.4 Å². The first-order valence-electron chi connectivity index (χ1n) is 13.8. The molecule has 6 rings (SSSR count). The van der Waals surface area contributed by atoms with Gasteiger partial charge in [-0.05, 0) is 68.0 Å². The summed E-state index contributed by atoms with van der Waals surface area (Å²) in [5.74, 6) is -0.867. The predicted molar refractivity (Wildman–Crippen MR) is 163 cm³/mol. The molecule has 42 heavy (non-hydrogen) atoms. The van der Waals surface area contributed by atoms with Gasteiger partial charge in [-0.15, -0.1) is 11.3 Å². The van der Waals surface area contributed by atoms with Gasteiger partial charge in [-0.3, -0.25) is 24.2 Å². The van der Waals surface area contributed by atoms with Gasteiger partial charge in [0.2, 0.25) is 0 Å². The molecule has 5 aromatic rings. The number of carbonyl (C=O) groups is 2. The zero-order valence-electron chi connectivity index (χ0n) is 23.3. The number of nitrogens with one attached hydrogen (secondary N) is 3. The van der Waals surface area contributed by atoms with Crippen LogP contribution in [0.2, 0.25) is 0 Å². The molecule has 0 spiro atoms. The second-order valence-corrected chi connectivity index (χ2v) is 11.4. The van der Waals surface area contributed by atoms with Crippen LogP contribution in [0, 0.1) is 12.3 Å². The van der Waals surface area contributed by atoms with Crippen molar-refractivity contribution in [3.63, 3.8) is 0 Å². The molecule has 10 nitrogen and oxygen atoms in total. The van der Waals surface area contributed by atoms with Crippen LogP contribution < -0.4 is 21.7 Å². The van der Waals surface area contributed by atoms with E-state index >= 15 is 0 Å². The van der Waals surface area contributed by atoms with Gasteiger partial charge in [0.1, 0.15) is 21.8 Å². The Morgan fingerprint density at radius 2 is 1.83 bits per heavy atom. The van der Waals surface area contributed by atoms with Gasteiger partial charge < -0.3 is 19.9 Å². The number of carbonyl (C=O) groups excluding carboxylic acids is 2. The number of amides is 2. The van der Waals surface area contributed by atoms with Gasteiger partial charge in [-0.1, -0.05) is 24.3 Å². The highest BCUT2D eigenvalue weighted by atomic mass is 32.1. The van der Waals surface area contributed by atoms with Crippen LogP contribution in [0.3, 0.4) is 0 Å². The van der Waals surface area contributed by atoms with Crippen LogP contribution in [0.5, 0.6) is 0 Å². The Labute approximate surface area is 245 Å². The number of fused-ring (bicyclic) bond motifs is 3. The van der Waals surface area contributed by atoms with Gasteiger partial charge in [0.25, 0.3) is 17.4 Å². The van der Waals surface area contributed by atoms with Crippen LogP contribution in [0.1, 0.15) is 49.6 Å². The standard InChI is InChI=1S/C31H30N6O4S/c1-18-9-8-14-37-26(18)34-27-22(31(37)40)17-21(25(32)36(27)15-16-41-2)28(38)35-30-24(20-12-6-7-13-23(20)42-30)29(39)33-19-10-4-3-5-11-19/h3-5,8-11,14,17,32H,6-7,12-13,15-16H2,1-2H3,(H,33,39)(H,35,38). The summed E-state index contributed by atoms with van der Waals surface area (Å²) in [5.41, 5.74) is 3.24. The van der Waals surface area contributed by atoms with Crippen LogP contribution in [-0.4, -0.2) is 39.5 Å². The molecule has 1 aliphatic rings. The van der Waals surface area contributed by atoms with Gasteiger partial charge in [0.15, 0.2) is 0 Å². The lowest BCUT2D eigenvalue weighted by Gasteiger charge is -2.15. The van der Waals surface area contributed by atoms with Crippen LogP contribution in [-0.2, 0) is 24.1 Å². The first-order chi connectivity index (χ1) is 20.4. The molecule has 214 valence electrons. The van der Waals surface area contributed by atoms with Crippen LogP contribution in [0.25, 0.3) is 16.7 Å². The molecule has 0 saturated heterocycles. The van der Waals surface area contributed by atoms with Crippen molar-refractivity contribution in [2.75, 3.05) is 24.4 Å². The maximum absolute atomic E-state index is 13.8. The maximum Gasteiger partial charge on any atom is 0.267 e. The molecule has 0 bridgehead atoms.